The number of anilines is 1. The molecule has 0 aliphatic carbocycles. The molecule has 25 heavy (non-hydrogen) atoms. The summed E-state index contributed by atoms with van der Waals surface area (Å²) in [5.41, 5.74) is 4.35. The van der Waals surface area contributed by atoms with Crippen LogP contribution in [0, 0.1) is 0 Å². The summed E-state index contributed by atoms with van der Waals surface area (Å²) in [6, 6.07) is 14.1. The summed E-state index contributed by atoms with van der Waals surface area (Å²) in [5, 5.41) is 6.47. The van der Waals surface area contributed by atoms with Gasteiger partial charge in [-0.25, -0.2) is 0 Å². The van der Waals surface area contributed by atoms with Gasteiger partial charge in [-0.3, -0.25) is 4.79 Å². The van der Waals surface area contributed by atoms with Crippen molar-refractivity contribution in [1.82, 2.24) is 5.32 Å². The number of ether oxygens (including phenoxy) is 1. The first-order valence-corrected chi connectivity index (χ1v) is 8.94. The predicted molar refractivity (Wildman–Crippen MR) is 98.9 cm³/mol. The third-order valence-corrected chi connectivity index (χ3v) is 5.01. The van der Waals surface area contributed by atoms with Crippen LogP contribution >= 0.6 is 0 Å². The van der Waals surface area contributed by atoms with Gasteiger partial charge in [0, 0.05) is 24.2 Å². The number of aryl methyl sites for hydroxylation is 1. The standard InChI is InChI=1S/C21H24N2O2/c1-21(2)12-15-7-5-8-16(19(15)25-21)13-22-18-11-10-14-6-3-4-9-17(14)23-20(18)24/h3-9,18,22H,10-13H2,1-2H3,(H,23,24). The van der Waals surface area contributed by atoms with Gasteiger partial charge in [0.1, 0.15) is 11.4 Å². The second-order valence-corrected chi connectivity index (χ2v) is 7.56. The minimum atomic E-state index is -0.197. The summed E-state index contributed by atoms with van der Waals surface area (Å²) in [6.07, 6.45) is 2.61. The molecule has 130 valence electrons. The van der Waals surface area contributed by atoms with Crippen LogP contribution in [0.2, 0.25) is 0 Å². The zero-order valence-electron chi connectivity index (χ0n) is 14.8. The molecule has 1 atom stereocenters. The quantitative estimate of drug-likeness (QED) is 0.903. The fraction of sp³-hybridized carbons (Fsp3) is 0.381. The highest BCUT2D eigenvalue weighted by Gasteiger charge is 2.32. The first kappa shape index (κ1) is 16.2. The minimum Gasteiger partial charge on any atom is -0.487 e. The largest absolute Gasteiger partial charge is 0.487 e. The van der Waals surface area contributed by atoms with Crippen LogP contribution < -0.4 is 15.4 Å². The number of carbonyl (C=O) groups excluding carboxylic acids is 1. The van der Waals surface area contributed by atoms with Crippen molar-refractivity contribution >= 4 is 11.6 Å². The first-order chi connectivity index (χ1) is 12.0. The van der Waals surface area contributed by atoms with Crippen molar-refractivity contribution in [3.63, 3.8) is 0 Å². The zero-order chi connectivity index (χ0) is 17.4. The van der Waals surface area contributed by atoms with Gasteiger partial charge in [-0.05, 0) is 43.9 Å². The number of hydrogen-bond acceptors (Lipinski definition) is 3. The summed E-state index contributed by atoms with van der Waals surface area (Å²) in [5.74, 6) is 1.02. The maximum atomic E-state index is 12.5. The van der Waals surface area contributed by atoms with E-state index in [1.807, 2.05) is 18.2 Å². The van der Waals surface area contributed by atoms with E-state index in [1.54, 1.807) is 0 Å². The molecule has 0 fully saturated rings. The van der Waals surface area contributed by atoms with E-state index < -0.39 is 0 Å². The van der Waals surface area contributed by atoms with Crippen molar-refractivity contribution in [1.29, 1.82) is 0 Å². The lowest BCUT2D eigenvalue weighted by Gasteiger charge is -2.19. The van der Waals surface area contributed by atoms with Crippen LogP contribution in [0.15, 0.2) is 42.5 Å². The molecule has 0 aromatic heterocycles. The van der Waals surface area contributed by atoms with E-state index in [4.69, 9.17) is 4.74 Å². The molecule has 2 aliphatic heterocycles. The highest BCUT2D eigenvalue weighted by atomic mass is 16.5. The van der Waals surface area contributed by atoms with Crippen LogP contribution in [0.1, 0.15) is 37.0 Å². The summed E-state index contributed by atoms with van der Waals surface area (Å²) >= 11 is 0. The van der Waals surface area contributed by atoms with E-state index in [1.165, 1.54) is 11.1 Å². The lowest BCUT2D eigenvalue weighted by Crippen LogP contribution is -2.39. The van der Waals surface area contributed by atoms with Crippen molar-refractivity contribution in [2.24, 2.45) is 0 Å². The van der Waals surface area contributed by atoms with Crippen LogP contribution in [0.5, 0.6) is 5.75 Å². The lowest BCUT2D eigenvalue weighted by molar-refractivity contribution is -0.118. The average molecular weight is 336 g/mol. The van der Waals surface area contributed by atoms with Crippen molar-refractivity contribution in [3.05, 3.63) is 59.2 Å². The highest BCUT2D eigenvalue weighted by molar-refractivity contribution is 5.96. The number of hydrogen-bond donors (Lipinski definition) is 2. The van der Waals surface area contributed by atoms with E-state index in [-0.39, 0.29) is 17.6 Å². The Labute approximate surface area is 148 Å². The molecular formula is C21H24N2O2. The van der Waals surface area contributed by atoms with E-state index in [2.05, 4.69) is 48.7 Å². The summed E-state index contributed by atoms with van der Waals surface area (Å²) < 4.78 is 6.13. The lowest BCUT2D eigenvalue weighted by atomic mass is 10.0. The van der Waals surface area contributed by atoms with Crippen LogP contribution in [0.4, 0.5) is 5.69 Å². The maximum absolute atomic E-state index is 12.5. The van der Waals surface area contributed by atoms with Gasteiger partial charge in [0.15, 0.2) is 0 Å². The molecule has 0 radical (unpaired) electrons. The predicted octanol–water partition coefficient (Wildman–Crippen LogP) is 3.44. The second kappa shape index (κ2) is 6.19. The molecule has 4 nitrogen and oxygen atoms in total. The van der Waals surface area contributed by atoms with E-state index in [0.717, 1.165) is 36.3 Å². The molecule has 2 aromatic carbocycles. The van der Waals surface area contributed by atoms with E-state index in [0.29, 0.717) is 6.54 Å². The molecule has 0 bridgehead atoms. The Balaban J connectivity index is 1.47. The Hall–Kier alpha value is -2.33. The number of carbonyl (C=O) groups is 1. The van der Waals surface area contributed by atoms with Crippen LogP contribution in [-0.2, 0) is 24.2 Å². The topological polar surface area (TPSA) is 50.4 Å². The van der Waals surface area contributed by atoms with Crippen molar-refractivity contribution in [3.8, 4) is 5.75 Å². The van der Waals surface area contributed by atoms with Crippen LogP contribution in [-0.4, -0.2) is 17.6 Å². The number of amides is 1. The van der Waals surface area contributed by atoms with Gasteiger partial charge in [0.05, 0.1) is 6.04 Å². The Morgan fingerprint density at radius 1 is 1.16 bits per heavy atom. The number of para-hydroxylation sites is 2. The normalized spacial score (nSPS) is 20.9. The van der Waals surface area contributed by atoms with Gasteiger partial charge in [-0.1, -0.05) is 36.4 Å². The molecule has 0 saturated heterocycles. The molecule has 2 aliphatic rings. The van der Waals surface area contributed by atoms with Crippen LogP contribution in [0.3, 0.4) is 0 Å². The molecule has 0 saturated carbocycles. The Kier molecular flexibility index (Phi) is 4.00. The molecule has 2 N–H and O–H groups in total. The van der Waals surface area contributed by atoms with Gasteiger partial charge in [0.25, 0.3) is 0 Å². The van der Waals surface area contributed by atoms with Gasteiger partial charge in [0.2, 0.25) is 5.91 Å². The summed E-state index contributed by atoms with van der Waals surface area (Å²) in [4.78, 5) is 12.5. The monoisotopic (exact) mass is 336 g/mol. The minimum absolute atomic E-state index is 0.0405. The van der Waals surface area contributed by atoms with E-state index in [9.17, 15) is 4.79 Å². The molecule has 4 heteroatoms. The average Bonchev–Trinajstić information content (AvgIpc) is 2.80. The number of rotatable bonds is 3. The number of fused-ring (bicyclic) bond motifs is 2. The Morgan fingerprint density at radius 2 is 1.96 bits per heavy atom. The SMILES string of the molecule is CC1(C)Cc2cccc(CNC3CCc4ccccc4NC3=O)c2O1. The van der Waals surface area contributed by atoms with Gasteiger partial charge < -0.3 is 15.4 Å². The fourth-order valence-electron chi connectivity index (χ4n) is 3.76. The van der Waals surface area contributed by atoms with Crippen molar-refractivity contribution in [2.45, 2.75) is 51.3 Å². The summed E-state index contributed by atoms with van der Waals surface area (Å²) in [6.45, 7) is 4.86. The third-order valence-electron chi connectivity index (χ3n) is 5.01. The van der Waals surface area contributed by atoms with Gasteiger partial charge in [-0.2, -0.15) is 0 Å². The molecule has 1 unspecified atom stereocenters. The maximum Gasteiger partial charge on any atom is 0.241 e. The van der Waals surface area contributed by atoms with Gasteiger partial charge >= 0.3 is 0 Å². The smallest absolute Gasteiger partial charge is 0.241 e. The third kappa shape index (κ3) is 3.27. The zero-order valence-corrected chi connectivity index (χ0v) is 14.8. The molecule has 4 rings (SSSR count). The number of nitrogens with one attached hydrogen (secondary N) is 2. The summed E-state index contributed by atoms with van der Waals surface area (Å²) in [7, 11) is 0. The van der Waals surface area contributed by atoms with Crippen molar-refractivity contribution < 1.29 is 9.53 Å². The fourth-order valence-corrected chi connectivity index (χ4v) is 3.76. The highest BCUT2D eigenvalue weighted by Crippen LogP contribution is 2.37. The second-order valence-electron chi connectivity index (χ2n) is 7.56. The van der Waals surface area contributed by atoms with Gasteiger partial charge in [-0.15, -0.1) is 0 Å². The molecule has 2 aromatic rings. The van der Waals surface area contributed by atoms with Crippen molar-refractivity contribution in [2.75, 3.05) is 5.32 Å². The molecule has 2 heterocycles. The molecular weight excluding hydrogens is 312 g/mol. The first-order valence-electron chi connectivity index (χ1n) is 8.94. The molecule has 1 amide bonds. The van der Waals surface area contributed by atoms with E-state index >= 15 is 0 Å². The Morgan fingerprint density at radius 3 is 2.84 bits per heavy atom. The Bertz CT molecular complexity index is 813. The molecule has 0 spiro atoms. The van der Waals surface area contributed by atoms with Crippen LogP contribution in [0.25, 0.3) is 0 Å². The number of benzene rings is 2.